The van der Waals surface area contributed by atoms with E-state index in [0.29, 0.717) is 16.9 Å². The molecule has 1 atom stereocenters. The lowest BCUT2D eigenvalue weighted by Gasteiger charge is -2.45. The molecule has 36 heavy (non-hydrogen) atoms. The number of benzene rings is 2. The highest BCUT2D eigenvalue weighted by molar-refractivity contribution is 6.14. The van der Waals surface area contributed by atoms with Gasteiger partial charge in [0.1, 0.15) is 17.1 Å². The molecular formula is C28H31FN4O3. The Balaban J connectivity index is 1.63. The maximum Gasteiger partial charge on any atom is 0.273 e. The van der Waals surface area contributed by atoms with Crippen LogP contribution in [0.4, 0.5) is 10.1 Å². The number of carbonyl (C=O) groups is 3. The molecule has 7 nitrogen and oxygen atoms in total. The van der Waals surface area contributed by atoms with E-state index >= 15 is 0 Å². The lowest BCUT2D eigenvalue weighted by molar-refractivity contribution is -0.134. The molecule has 3 aromatic rings. The van der Waals surface area contributed by atoms with Crippen LogP contribution >= 0.6 is 0 Å². The number of rotatable bonds is 5. The molecule has 1 fully saturated rings. The van der Waals surface area contributed by atoms with Crippen LogP contribution < -0.4 is 10.6 Å². The molecule has 3 amide bonds. The first-order chi connectivity index (χ1) is 17.3. The van der Waals surface area contributed by atoms with Crippen molar-refractivity contribution in [1.82, 2.24) is 14.8 Å². The SMILES string of the molecule is CC(=O)Nc1c2n(c3ccccc13)CC(C)(C(=O)NC1CCCCC1)N(Cc1ccccc1F)C2=O. The minimum absolute atomic E-state index is 0.0613. The largest absolute Gasteiger partial charge is 0.351 e. The van der Waals surface area contributed by atoms with Gasteiger partial charge in [-0.05, 0) is 31.9 Å². The molecule has 0 spiro atoms. The molecule has 2 heterocycles. The Morgan fingerprint density at radius 3 is 2.47 bits per heavy atom. The number of halogens is 1. The topological polar surface area (TPSA) is 83.4 Å². The number of nitrogens with zero attached hydrogens (tertiary/aromatic N) is 2. The first-order valence-electron chi connectivity index (χ1n) is 12.5. The Kier molecular flexibility index (Phi) is 6.28. The summed E-state index contributed by atoms with van der Waals surface area (Å²) < 4.78 is 16.5. The van der Waals surface area contributed by atoms with E-state index < -0.39 is 17.3 Å². The molecule has 1 unspecified atom stereocenters. The Morgan fingerprint density at radius 2 is 1.75 bits per heavy atom. The summed E-state index contributed by atoms with van der Waals surface area (Å²) in [6, 6.07) is 13.8. The van der Waals surface area contributed by atoms with Crippen molar-refractivity contribution < 1.29 is 18.8 Å². The monoisotopic (exact) mass is 490 g/mol. The van der Waals surface area contributed by atoms with Gasteiger partial charge in [-0.1, -0.05) is 55.7 Å². The molecular weight excluding hydrogens is 459 g/mol. The van der Waals surface area contributed by atoms with Crippen LogP contribution in [-0.4, -0.2) is 38.8 Å². The highest BCUT2D eigenvalue weighted by Crippen LogP contribution is 2.39. The zero-order valence-electron chi connectivity index (χ0n) is 20.6. The first-order valence-corrected chi connectivity index (χ1v) is 12.5. The molecule has 0 bridgehead atoms. The molecule has 2 N–H and O–H groups in total. The van der Waals surface area contributed by atoms with Gasteiger partial charge in [-0.15, -0.1) is 0 Å². The number of para-hydroxylation sites is 1. The van der Waals surface area contributed by atoms with Crippen LogP contribution in [0.1, 0.15) is 62.0 Å². The summed E-state index contributed by atoms with van der Waals surface area (Å²) in [4.78, 5) is 41.6. The van der Waals surface area contributed by atoms with Crippen LogP contribution in [0.2, 0.25) is 0 Å². The predicted molar refractivity (Wildman–Crippen MR) is 136 cm³/mol. The van der Waals surface area contributed by atoms with Gasteiger partial charge in [0, 0.05) is 23.9 Å². The van der Waals surface area contributed by atoms with Crippen LogP contribution in [0.3, 0.4) is 0 Å². The second-order valence-electron chi connectivity index (χ2n) is 10.1. The molecule has 1 aromatic heterocycles. The Bertz CT molecular complexity index is 1340. The second-order valence-corrected chi connectivity index (χ2v) is 10.1. The Morgan fingerprint density at radius 1 is 1.06 bits per heavy atom. The second kappa shape index (κ2) is 9.41. The van der Waals surface area contributed by atoms with Crippen molar-refractivity contribution in [1.29, 1.82) is 0 Å². The summed E-state index contributed by atoms with van der Waals surface area (Å²) in [5.41, 5.74) is 0.529. The van der Waals surface area contributed by atoms with Gasteiger partial charge >= 0.3 is 0 Å². The third-order valence-corrected chi connectivity index (χ3v) is 7.50. The van der Waals surface area contributed by atoms with Crippen LogP contribution in [0, 0.1) is 5.82 Å². The average molecular weight is 491 g/mol. The predicted octanol–water partition coefficient (Wildman–Crippen LogP) is 4.60. The van der Waals surface area contributed by atoms with E-state index in [1.807, 2.05) is 28.8 Å². The summed E-state index contributed by atoms with van der Waals surface area (Å²) in [7, 11) is 0. The third-order valence-electron chi connectivity index (χ3n) is 7.50. The highest BCUT2D eigenvalue weighted by Gasteiger charge is 2.49. The van der Waals surface area contributed by atoms with Gasteiger partial charge in [0.15, 0.2) is 0 Å². The normalized spacial score (nSPS) is 20.3. The van der Waals surface area contributed by atoms with Crippen molar-refractivity contribution in [3.63, 3.8) is 0 Å². The maximum absolute atomic E-state index is 14.7. The summed E-state index contributed by atoms with van der Waals surface area (Å²) in [6.45, 7) is 3.26. The molecule has 2 aliphatic rings. The van der Waals surface area contributed by atoms with E-state index in [9.17, 15) is 18.8 Å². The van der Waals surface area contributed by atoms with Gasteiger partial charge < -0.3 is 20.1 Å². The van der Waals surface area contributed by atoms with Crippen molar-refractivity contribution >= 4 is 34.3 Å². The number of hydrogen-bond donors (Lipinski definition) is 2. The Labute approximate surface area is 209 Å². The third kappa shape index (κ3) is 4.14. The van der Waals surface area contributed by atoms with Gasteiger partial charge in [-0.25, -0.2) is 4.39 Å². The quantitative estimate of drug-likeness (QED) is 0.548. The molecule has 1 aliphatic carbocycles. The zero-order chi connectivity index (χ0) is 25.4. The summed E-state index contributed by atoms with van der Waals surface area (Å²) in [5.74, 6) is -1.41. The number of amides is 3. The van der Waals surface area contributed by atoms with Crippen molar-refractivity contribution in [3.8, 4) is 0 Å². The molecule has 1 aliphatic heterocycles. The number of fused-ring (bicyclic) bond motifs is 3. The van der Waals surface area contributed by atoms with Crippen LogP contribution in [-0.2, 0) is 22.7 Å². The summed E-state index contributed by atoms with van der Waals surface area (Å²) >= 11 is 0. The van der Waals surface area contributed by atoms with E-state index in [-0.39, 0.29) is 30.9 Å². The standard InChI is InChI=1S/C28H31FN4O3/c1-18(34)30-24-21-13-7-9-15-23(21)32-17-28(2,27(36)31-20-11-4-3-5-12-20)33(26(35)25(24)32)16-19-10-6-8-14-22(19)29/h6-10,13-15,20H,3-5,11-12,16-17H2,1-2H3,(H,30,34)(H,31,36). The molecule has 5 rings (SSSR count). The number of anilines is 1. The molecule has 1 saturated carbocycles. The van der Waals surface area contributed by atoms with E-state index in [2.05, 4.69) is 10.6 Å². The van der Waals surface area contributed by atoms with Gasteiger partial charge in [0.2, 0.25) is 11.8 Å². The van der Waals surface area contributed by atoms with Gasteiger partial charge in [0.25, 0.3) is 5.91 Å². The minimum atomic E-state index is -1.26. The summed E-state index contributed by atoms with van der Waals surface area (Å²) in [5, 5.41) is 6.73. The van der Waals surface area contributed by atoms with E-state index in [1.54, 1.807) is 25.1 Å². The van der Waals surface area contributed by atoms with Crippen LogP contribution in [0.25, 0.3) is 10.9 Å². The lowest BCUT2D eigenvalue weighted by atomic mass is 9.91. The highest BCUT2D eigenvalue weighted by atomic mass is 19.1. The molecule has 8 heteroatoms. The molecule has 2 aromatic carbocycles. The molecule has 0 radical (unpaired) electrons. The lowest BCUT2D eigenvalue weighted by Crippen LogP contribution is -2.64. The maximum atomic E-state index is 14.7. The fraction of sp³-hybridized carbons (Fsp3) is 0.393. The van der Waals surface area contributed by atoms with Crippen LogP contribution in [0.15, 0.2) is 48.5 Å². The molecule has 188 valence electrons. The number of carbonyl (C=O) groups excluding carboxylic acids is 3. The van der Waals surface area contributed by atoms with Gasteiger partial charge in [-0.3, -0.25) is 14.4 Å². The van der Waals surface area contributed by atoms with Crippen molar-refractivity contribution in [2.24, 2.45) is 0 Å². The van der Waals surface area contributed by atoms with Gasteiger partial charge in [0.05, 0.1) is 24.3 Å². The smallest absolute Gasteiger partial charge is 0.273 e. The average Bonchev–Trinajstić information content (AvgIpc) is 3.16. The minimum Gasteiger partial charge on any atom is -0.351 e. The summed E-state index contributed by atoms with van der Waals surface area (Å²) in [6.07, 6.45) is 5.10. The van der Waals surface area contributed by atoms with Gasteiger partial charge in [-0.2, -0.15) is 0 Å². The van der Waals surface area contributed by atoms with Crippen molar-refractivity contribution in [2.45, 2.75) is 70.6 Å². The fourth-order valence-corrected chi connectivity index (χ4v) is 5.56. The fourth-order valence-electron chi connectivity index (χ4n) is 5.56. The number of aromatic nitrogens is 1. The number of hydrogen-bond acceptors (Lipinski definition) is 3. The number of nitrogens with one attached hydrogen (secondary N) is 2. The van der Waals surface area contributed by atoms with Crippen molar-refractivity contribution in [2.75, 3.05) is 5.32 Å². The Hall–Kier alpha value is -3.68. The zero-order valence-corrected chi connectivity index (χ0v) is 20.6. The first kappa shape index (κ1) is 24.0. The van der Waals surface area contributed by atoms with E-state index in [1.165, 1.54) is 17.9 Å². The van der Waals surface area contributed by atoms with Crippen LogP contribution in [0.5, 0.6) is 0 Å². The van der Waals surface area contributed by atoms with E-state index in [0.717, 1.165) is 43.0 Å². The van der Waals surface area contributed by atoms with Crippen molar-refractivity contribution in [3.05, 3.63) is 65.6 Å². The molecule has 0 saturated heterocycles. The van der Waals surface area contributed by atoms with E-state index in [4.69, 9.17) is 0 Å².